The van der Waals surface area contributed by atoms with Crippen LogP contribution < -0.4 is 0 Å². The number of likely N-dealkylation sites (tertiary alicyclic amines) is 1. The van der Waals surface area contributed by atoms with E-state index in [2.05, 4.69) is 4.90 Å². The van der Waals surface area contributed by atoms with Crippen LogP contribution in [0.1, 0.15) is 33.5 Å². The van der Waals surface area contributed by atoms with Gasteiger partial charge in [0.05, 0.1) is 11.1 Å². The molecular formula is C25H25F6N3O2. The van der Waals surface area contributed by atoms with Gasteiger partial charge in [-0.2, -0.15) is 26.3 Å². The highest BCUT2D eigenvalue weighted by molar-refractivity contribution is 5.94. The van der Waals surface area contributed by atoms with E-state index in [4.69, 9.17) is 0 Å². The Labute approximate surface area is 204 Å². The van der Waals surface area contributed by atoms with E-state index < -0.39 is 23.5 Å². The second kappa shape index (κ2) is 10.1. The molecule has 0 N–H and O–H groups in total. The third kappa shape index (κ3) is 6.00. The van der Waals surface area contributed by atoms with Crippen molar-refractivity contribution in [3.8, 4) is 0 Å². The van der Waals surface area contributed by atoms with Crippen LogP contribution in [0, 0.1) is 0 Å². The molecule has 194 valence electrons. The average Bonchev–Trinajstić information content (AvgIpc) is 2.81. The summed E-state index contributed by atoms with van der Waals surface area (Å²) in [7, 11) is 0. The van der Waals surface area contributed by atoms with E-state index in [0.29, 0.717) is 57.0 Å². The highest BCUT2D eigenvalue weighted by Crippen LogP contribution is 2.36. The van der Waals surface area contributed by atoms with Crippen LogP contribution in [-0.2, 0) is 23.6 Å². The van der Waals surface area contributed by atoms with Crippen molar-refractivity contribution in [2.24, 2.45) is 0 Å². The highest BCUT2D eigenvalue weighted by atomic mass is 19.4. The Morgan fingerprint density at radius 3 is 1.86 bits per heavy atom. The van der Waals surface area contributed by atoms with E-state index in [1.54, 1.807) is 21.9 Å². The fourth-order valence-corrected chi connectivity index (χ4v) is 4.52. The normalized spacial score (nSPS) is 17.7. The largest absolute Gasteiger partial charge is 0.416 e. The molecule has 2 aliphatic heterocycles. The smallest absolute Gasteiger partial charge is 0.339 e. The zero-order valence-corrected chi connectivity index (χ0v) is 19.3. The molecule has 2 aromatic carbocycles. The molecule has 2 fully saturated rings. The van der Waals surface area contributed by atoms with Gasteiger partial charge in [0.1, 0.15) is 0 Å². The summed E-state index contributed by atoms with van der Waals surface area (Å²) >= 11 is 0. The van der Waals surface area contributed by atoms with Crippen LogP contribution in [0.2, 0.25) is 0 Å². The van der Waals surface area contributed by atoms with Gasteiger partial charge in [-0.3, -0.25) is 14.5 Å². The maximum atomic E-state index is 13.0. The molecule has 0 aromatic heterocycles. The van der Waals surface area contributed by atoms with Gasteiger partial charge >= 0.3 is 12.4 Å². The molecule has 36 heavy (non-hydrogen) atoms. The zero-order chi connectivity index (χ0) is 26.1. The fourth-order valence-electron chi connectivity index (χ4n) is 4.52. The molecule has 2 heterocycles. The molecule has 2 saturated heterocycles. The standard InChI is InChI=1S/C25H25F6N3O2/c26-24(27,28)19-12-17(13-20(14-19)25(29,30)31)6-7-22(35)34-15-21(16-34)32-8-10-33(11-9-32)23(36)18-4-2-1-3-5-18/h1-5,12-14,21H,6-11,15-16H2. The lowest BCUT2D eigenvalue weighted by molar-refractivity contribution is -0.143. The number of aryl methyl sites for hydroxylation is 1. The molecule has 0 aliphatic carbocycles. The summed E-state index contributed by atoms with van der Waals surface area (Å²) in [6.07, 6.45) is -10.2. The number of benzene rings is 2. The SMILES string of the molecule is O=C(CCc1cc(C(F)(F)F)cc(C(F)(F)F)c1)N1CC(N2CCN(C(=O)c3ccccc3)CC2)C1. The topological polar surface area (TPSA) is 43.9 Å². The number of amides is 2. The molecule has 0 radical (unpaired) electrons. The number of alkyl halides is 6. The third-order valence-electron chi connectivity index (χ3n) is 6.63. The Bertz CT molecular complexity index is 1060. The Morgan fingerprint density at radius 2 is 1.33 bits per heavy atom. The molecule has 0 bridgehead atoms. The van der Waals surface area contributed by atoms with Crippen LogP contribution in [0.3, 0.4) is 0 Å². The van der Waals surface area contributed by atoms with Crippen molar-refractivity contribution < 1.29 is 35.9 Å². The maximum absolute atomic E-state index is 13.0. The van der Waals surface area contributed by atoms with Gasteiger partial charge in [0, 0.05) is 57.3 Å². The Kier molecular flexibility index (Phi) is 7.31. The van der Waals surface area contributed by atoms with Crippen LogP contribution in [0.15, 0.2) is 48.5 Å². The predicted molar refractivity (Wildman–Crippen MR) is 119 cm³/mol. The second-order valence-corrected chi connectivity index (χ2v) is 9.06. The van der Waals surface area contributed by atoms with Crippen molar-refractivity contribution in [3.05, 3.63) is 70.8 Å². The summed E-state index contributed by atoms with van der Waals surface area (Å²) < 4.78 is 78.2. The first-order valence-corrected chi connectivity index (χ1v) is 11.6. The minimum atomic E-state index is -4.92. The van der Waals surface area contributed by atoms with Gasteiger partial charge in [0.25, 0.3) is 5.91 Å². The predicted octanol–water partition coefficient (Wildman–Crippen LogP) is 4.33. The van der Waals surface area contributed by atoms with Crippen LogP contribution in [0.5, 0.6) is 0 Å². The molecular weight excluding hydrogens is 488 g/mol. The minimum Gasteiger partial charge on any atom is -0.339 e. The molecule has 11 heteroatoms. The van der Waals surface area contributed by atoms with Crippen molar-refractivity contribution in [2.45, 2.75) is 31.2 Å². The van der Waals surface area contributed by atoms with E-state index in [0.717, 1.165) is 0 Å². The summed E-state index contributed by atoms with van der Waals surface area (Å²) in [4.78, 5) is 30.6. The molecule has 0 spiro atoms. The van der Waals surface area contributed by atoms with E-state index in [9.17, 15) is 35.9 Å². The quantitative estimate of drug-likeness (QED) is 0.560. The van der Waals surface area contributed by atoms with Crippen molar-refractivity contribution in [2.75, 3.05) is 39.3 Å². The monoisotopic (exact) mass is 513 g/mol. The summed E-state index contributed by atoms with van der Waals surface area (Å²) in [5, 5.41) is 0. The zero-order valence-electron chi connectivity index (χ0n) is 19.3. The maximum Gasteiger partial charge on any atom is 0.416 e. The van der Waals surface area contributed by atoms with Gasteiger partial charge in [-0.1, -0.05) is 18.2 Å². The summed E-state index contributed by atoms with van der Waals surface area (Å²) in [5.41, 5.74) is -2.31. The van der Waals surface area contributed by atoms with Crippen molar-refractivity contribution in [1.29, 1.82) is 0 Å². The van der Waals surface area contributed by atoms with Crippen LogP contribution in [0.25, 0.3) is 0 Å². The number of carbonyl (C=O) groups excluding carboxylic acids is 2. The Balaban J connectivity index is 1.26. The van der Waals surface area contributed by atoms with Crippen LogP contribution >= 0.6 is 0 Å². The average molecular weight is 513 g/mol. The first kappa shape index (κ1) is 26.0. The lowest BCUT2D eigenvalue weighted by Crippen LogP contribution is -2.64. The lowest BCUT2D eigenvalue weighted by atomic mass is 10.00. The molecule has 5 nitrogen and oxygen atoms in total. The summed E-state index contributed by atoms with van der Waals surface area (Å²) in [6, 6.07) is 10.5. The van der Waals surface area contributed by atoms with Crippen molar-refractivity contribution >= 4 is 11.8 Å². The van der Waals surface area contributed by atoms with Crippen LogP contribution in [0.4, 0.5) is 26.3 Å². The number of carbonyl (C=O) groups is 2. The van der Waals surface area contributed by atoms with Crippen molar-refractivity contribution in [3.63, 3.8) is 0 Å². The Morgan fingerprint density at radius 1 is 0.778 bits per heavy atom. The summed E-state index contributed by atoms with van der Waals surface area (Å²) in [6.45, 7) is 3.35. The number of piperazine rings is 1. The van der Waals surface area contributed by atoms with Gasteiger partial charge in [0.2, 0.25) is 5.91 Å². The Hall–Kier alpha value is -3.08. The van der Waals surface area contributed by atoms with Gasteiger partial charge in [-0.15, -0.1) is 0 Å². The molecule has 2 amide bonds. The fraction of sp³-hybridized carbons (Fsp3) is 0.440. The van der Waals surface area contributed by atoms with Gasteiger partial charge in [0.15, 0.2) is 0 Å². The molecule has 0 unspecified atom stereocenters. The van der Waals surface area contributed by atoms with Gasteiger partial charge in [-0.05, 0) is 42.3 Å². The van der Waals surface area contributed by atoms with Crippen molar-refractivity contribution in [1.82, 2.24) is 14.7 Å². The van der Waals surface area contributed by atoms with Crippen LogP contribution in [-0.4, -0.2) is 71.8 Å². The number of halogens is 6. The van der Waals surface area contributed by atoms with Gasteiger partial charge in [-0.25, -0.2) is 0 Å². The first-order chi connectivity index (χ1) is 16.9. The van der Waals surface area contributed by atoms with E-state index in [1.165, 1.54) is 0 Å². The van der Waals surface area contributed by atoms with Gasteiger partial charge < -0.3 is 9.80 Å². The minimum absolute atomic E-state index is 0.0241. The third-order valence-corrected chi connectivity index (χ3v) is 6.63. The highest BCUT2D eigenvalue weighted by Gasteiger charge is 2.38. The summed E-state index contributed by atoms with van der Waals surface area (Å²) in [5.74, 6) is -0.334. The number of hydrogen-bond donors (Lipinski definition) is 0. The number of rotatable bonds is 5. The molecule has 0 atom stereocenters. The number of nitrogens with zero attached hydrogens (tertiary/aromatic N) is 3. The van der Waals surface area contributed by atoms with E-state index >= 15 is 0 Å². The molecule has 0 saturated carbocycles. The second-order valence-electron chi connectivity index (χ2n) is 9.06. The molecule has 4 rings (SSSR count). The van der Waals surface area contributed by atoms with E-state index in [-0.39, 0.29) is 42.3 Å². The molecule has 2 aromatic rings. The first-order valence-electron chi connectivity index (χ1n) is 11.6. The lowest BCUT2D eigenvalue weighted by Gasteiger charge is -2.48. The molecule has 2 aliphatic rings. The number of hydrogen-bond acceptors (Lipinski definition) is 3. The van der Waals surface area contributed by atoms with E-state index in [1.807, 2.05) is 18.2 Å².